The molecule has 1 aromatic rings. The third-order valence-corrected chi connectivity index (χ3v) is 5.07. The molecule has 1 fully saturated rings. The number of hydrogen-bond donors (Lipinski definition) is 1. The molecule has 21 heavy (non-hydrogen) atoms. The van der Waals surface area contributed by atoms with Gasteiger partial charge in [0, 0.05) is 12.1 Å². The van der Waals surface area contributed by atoms with Gasteiger partial charge in [0.1, 0.15) is 5.75 Å². The largest absolute Gasteiger partial charge is 0.494 e. The highest BCUT2D eigenvalue weighted by Gasteiger charge is 2.32. The van der Waals surface area contributed by atoms with Crippen LogP contribution >= 0.6 is 0 Å². The third-order valence-electron chi connectivity index (χ3n) is 5.07. The Kier molecular flexibility index (Phi) is 6.10. The molecule has 118 valence electrons. The second-order valence-electron chi connectivity index (χ2n) is 6.52. The lowest BCUT2D eigenvalue weighted by atomic mass is 9.93. The van der Waals surface area contributed by atoms with Crippen LogP contribution in [0.1, 0.15) is 65.0 Å². The highest BCUT2D eigenvalue weighted by Crippen LogP contribution is 2.35. The molecule has 0 bridgehead atoms. The van der Waals surface area contributed by atoms with E-state index in [0.717, 1.165) is 30.6 Å². The second-order valence-corrected chi connectivity index (χ2v) is 6.52. The highest BCUT2D eigenvalue weighted by molar-refractivity contribution is 5.29. The first-order valence-corrected chi connectivity index (χ1v) is 8.64. The smallest absolute Gasteiger partial charge is 0.119 e. The van der Waals surface area contributed by atoms with Crippen molar-refractivity contribution in [3.05, 3.63) is 29.8 Å². The minimum Gasteiger partial charge on any atom is -0.494 e. The Morgan fingerprint density at radius 3 is 2.48 bits per heavy atom. The Labute approximate surface area is 130 Å². The van der Waals surface area contributed by atoms with E-state index in [1.165, 1.54) is 24.8 Å². The van der Waals surface area contributed by atoms with Crippen LogP contribution in [-0.4, -0.2) is 12.6 Å². The lowest BCUT2D eigenvalue weighted by Gasteiger charge is -2.25. The Hall–Kier alpha value is -1.02. The molecule has 2 nitrogen and oxygen atoms in total. The maximum absolute atomic E-state index is 5.65. The molecular weight excluding hydrogens is 258 g/mol. The van der Waals surface area contributed by atoms with E-state index in [0.29, 0.717) is 12.1 Å². The number of nitrogens with one attached hydrogen (secondary N) is 1. The summed E-state index contributed by atoms with van der Waals surface area (Å²) < 4.78 is 5.65. The number of ether oxygens (including phenoxy) is 1. The average Bonchev–Trinajstić information content (AvgIpc) is 2.86. The summed E-state index contributed by atoms with van der Waals surface area (Å²) >= 11 is 0. The molecule has 0 spiro atoms. The highest BCUT2D eigenvalue weighted by atomic mass is 16.5. The van der Waals surface area contributed by atoms with Crippen molar-refractivity contribution in [2.75, 3.05) is 6.61 Å². The Bertz CT molecular complexity index is 414. The Morgan fingerprint density at radius 1 is 1.19 bits per heavy atom. The molecule has 1 aliphatic carbocycles. The van der Waals surface area contributed by atoms with Gasteiger partial charge in [-0.05, 0) is 55.7 Å². The van der Waals surface area contributed by atoms with E-state index in [2.05, 4.69) is 57.3 Å². The van der Waals surface area contributed by atoms with Crippen LogP contribution in [0.25, 0.3) is 0 Å². The third kappa shape index (κ3) is 4.23. The van der Waals surface area contributed by atoms with E-state index in [4.69, 9.17) is 4.74 Å². The van der Waals surface area contributed by atoms with Crippen LogP contribution in [0.4, 0.5) is 0 Å². The minimum atomic E-state index is 0.410. The molecular formula is C19H31NO. The van der Waals surface area contributed by atoms with Crippen LogP contribution in [0, 0.1) is 11.8 Å². The Morgan fingerprint density at radius 2 is 1.90 bits per heavy atom. The zero-order valence-electron chi connectivity index (χ0n) is 14.1. The SMILES string of the molecule is CCCOc1ccc(C(C)NC2CCC(CC)C2C)cc1. The monoisotopic (exact) mass is 289 g/mol. The summed E-state index contributed by atoms with van der Waals surface area (Å²) in [6.07, 6.45) is 5.07. The molecule has 0 aromatic heterocycles. The van der Waals surface area contributed by atoms with Crippen molar-refractivity contribution in [1.82, 2.24) is 5.32 Å². The second kappa shape index (κ2) is 7.84. The lowest BCUT2D eigenvalue weighted by molar-refractivity contribution is 0.316. The van der Waals surface area contributed by atoms with Gasteiger partial charge in [0.05, 0.1) is 6.61 Å². The summed E-state index contributed by atoms with van der Waals surface area (Å²) in [5.74, 6) is 2.68. The van der Waals surface area contributed by atoms with E-state index in [-0.39, 0.29) is 0 Å². The summed E-state index contributed by atoms with van der Waals surface area (Å²) in [7, 11) is 0. The molecule has 0 heterocycles. The summed E-state index contributed by atoms with van der Waals surface area (Å²) in [4.78, 5) is 0. The van der Waals surface area contributed by atoms with Crippen molar-refractivity contribution in [3.8, 4) is 5.75 Å². The van der Waals surface area contributed by atoms with Gasteiger partial charge in [0.2, 0.25) is 0 Å². The van der Waals surface area contributed by atoms with Crippen molar-refractivity contribution >= 4 is 0 Å². The van der Waals surface area contributed by atoms with Gasteiger partial charge in [-0.3, -0.25) is 0 Å². The lowest BCUT2D eigenvalue weighted by Crippen LogP contribution is -2.34. The van der Waals surface area contributed by atoms with Crippen LogP contribution < -0.4 is 10.1 Å². The molecule has 4 atom stereocenters. The molecule has 2 heteroatoms. The molecule has 1 saturated carbocycles. The van der Waals surface area contributed by atoms with Gasteiger partial charge in [-0.2, -0.15) is 0 Å². The Balaban J connectivity index is 1.89. The van der Waals surface area contributed by atoms with Crippen LogP contribution in [-0.2, 0) is 0 Å². The summed E-state index contributed by atoms with van der Waals surface area (Å²) in [6, 6.07) is 9.65. The first-order valence-electron chi connectivity index (χ1n) is 8.64. The molecule has 1 aromatic carbocycles. The number of rotatable bonds is 7. The van der Waals surface area contributed by atoms with Crippen LogP contribution in [0.2, 0.25) is 0 Å². The summed E-state index contributed by atoms with van der Waals surface area (Å²) in [5, 5.41) is 3.83. The normalized spacial score (nSPS) is 26.8. The number of hydrogen-bond acceptors (Lipinski definition) is 2. The van der Waals surface area contributed by atoms with Gasteiger partial charge in [0.15, 0.2) is 0 Å². The first kappa shape index (κ1) is 16.4. The summed E-state index contributed by atoms with van der Waals surface area (Å²) in [5.41, 5.74) is 1.35. The maximum Gasteiger partial charge on any atom is 0.119 e. The molecule has 0 saturated heterocycles. The molecule has 0 amide bonds. The fraction of sp³-hybridized carbons (Fsp3) is 0.684. The van der Waals surface area contributed by atoms with E-state index in [1.807, 2.05) is 0 Å². The molecule has 1 N–H and O–H groups in total. The fourth-order valence-corrected chi connectivity index (χ4v) is 3.55. The van der Waals surface area contributed by atoms with E-state index < -0.39 is 0 Å². The molecule has 4 unspecified atom stereocenters. The maximum atomic E-state index is 5.65. The predicted octanol–water partition coefficient (Wildman–Crippen LogP) is 4.95. The first-order chi connectivity index (χ1) is 10.2. The van der Waals surface area contributed by atoms with Gasteiger partial charge < -0.3 is 10.1 Å². The average molecular weight is 289 g/mol. The van der Waals surface area contributed by atoms with Crippen molar-refractivity contribution in [2.24, 2.45) is 11.8 Å². The van der Waals surface area contributed by atoms with E-state index >= 15 is 0 Å². The molecule has 1 aliphatic rings. The van der Waals surface area contributed by atoms with Gasteiger partial charge in [0.25, 0.3) is 0 Å². The van der Waals surface area contributed by atoms with E-state index in [9.17, 15) is 0 Å². The van der Waals surface area contributed by atoms with Gasteiger partial charge in [-0.25, -0.2) is 0 Å². The van der Waals surface area contributed by atoms with Crippen LogP contribution in [0.15, 0.2) is 24.3 Å². The van der Waals surface area contributed by atoms with Crippen molar-refractivity contribution in [2.45, 2.75) is 65.5 Å². The molecule has 2 rings (SSSR count). The topological polar surface area (TPSA) is 21.3 Å². The van der Waals surface area contributed by atoms with Crippen molar-refractivity contribution in [3.63, 3.8) is 0 Å². The molecule has 0 aliphatic heterocycles. The fourth-order valence-electron chi connectivity index (χ4n) is 3.55. The zero-order chi connectivity index (χ0) is 15.2. The standard InChI is InChI=1S/C19H31NO/c1-5-13-21-18-10-7-17(8-11-18)15(4)20-19-12-9-16(6-2)14(19)3/h7-8,10-11,14-16,19-20H,5-6,9,12-13H2,1-4H3. The molecule has 0 radical (unpaired) electrons. The minimum absolute atomic E-state index is 0.410. The van der Waals surface area contributed by atoms with Crippen LogP contribution in [0.3, 0.4) is 0 Å². The van der Waals surface area contributed by atoms with E-state index in [1.54, 1.807) is 0 Å². The van der Waals surface area contributed by atoms with Gasteiger partial charge in [-0.15, -0.1) is 0 Å². The van der Waals surface area contributed by atoms with Gasteiger partial charge in [-0.1, -0.05) is 39.3 Å². The zero-order valence-corrected chi connectivity index (χ0v) is 14.1. The van der Waals surface area contributed by atoms with Crippen molar-refractivity contribution < 1.29 is 4.74 Å². The number of benzene rings is 1. The van der Waals surface area contributed by atoms with Crippen molar-refractivity contribution in [1.29, 1.82) is 0 Å². The predicted molar refractivity (Wildman–Crippen MR) is 89.7 cm³/mol. The summed E-state index contributed by atoms with van der Waals surface area (Å²) in [6.45, 7) is 9.93. The van der Waals surface area contributed by atoms with Crippen LogP contribution in [0.5, 0.6) is 5.75 Å². The quantitative estimate of drug-likeness (QED) is 0.766. The van der Waals surface area contributed by atoms with Gasteiger partial charge >= 0.3 is 0 Å².